The average molecular weight is 217 g/mol. The van der Waals surface area contributed by atoms with E-state index in [4.69, 9.17) is 0 Å². The Balaban J connectivity index is 3.38. The molecule has 0 radical (unpaired) electrons. The van der Waals surface area contributed by atoms with E-state index < -0.39 is 16.5 Å². The Kier molecular flexibility index (Phi) is 6.32. The first kappa shape index (κ1) is 12.9. The van der Waals surface area contributed by atoms with Crippen LogP contribution in [0.2, 0.25) is 0 Å². The second kappa shape index (κ2) is 6.37. The molecule has 0 amide bonds. The van der Waals surface area contributed by atoms with Crippen LogP contribution in [0.3, 0.4) is 0 Å². The highest BCUT2D eigenvalue weighted by molar-refractivity contribution is 7.83. The first-order chi connectivity index (χ1) is 5.98. The van der Waals surface area contributed by atoms with Crippen LogP contribution in [0.1, 0.15) is 32.6 Å². The molecule has 0 spiro atoms. The molecule has 0 heterocycles. The number of halogens is 3. The monoisotopic (exact) mass is 217 g/mol. The van der Waals surface area contributed by atoms with Gasteiger partial charge in [0.15, 0.2) is 11.0 Å². The fourth-order valence-corrected chi connectivity index (χ4v) is 1.29. The van der Waals surface area contributed by atoms with Crippen molar-refractivity contribution in [3.63, 3.8) is 0 Å². The van der Waals surface area contributed by atoms with E-state index in [1.165, 1.54) is 0 Å². The van der Waals surface area contributed by atoms with Crippen molar-refractivity contribution in [3.05, 3.63) is 0 Å². The molecule has 0 aliphatic heterocycles. The highest BCUT2D eigenvalue weighted by Gasteiger charge is 2.36. The molecule has 1 N–H and O–H groups in total. The summed E-state index contributed by atoms with van der Waals surface area (Å²) in [5.74, 6) is 0. The summed E-state index contributed by atoms with van der Waals surface area (Å²) in [6.07, 6.45) is 3.54. The fourth-order valence-electron chi connectivity index (χ4n) is 0.798. The van der Waals surface area contributed by atoms with E-state index in [2.05, 4.69) is 0 Å². The molecule has 13 heavy (non-hydrogen) atoms. The molecular formula is C7H14F3NOS. The van der Waals surface area contributed by atoms with Crippen LogP contribution in [-0.2, 0) is 11.0 Å². The lowest BCUT2D eigenvalue weighted by atomic mass is 10.2. The molecule has 6 heteroatoms. The lowest BCUT2D eigenvalue weighted by molar-refractivity contribution is -0.0394. The van der Waals surface area contributed by atoms with Crippen LogP contribution in [0.25, 0.3) is 0 Å². The third kappa shape index (κ3) is 7.01. The maximum Gasteiger partial charge on any atom is 0.485 e. The van der Waals surface area contributed by atoms with Crippen molar-refractivity contribution in [1.82, 2.24) is 4.72 Å². The van der Waals surface area contributed by atoms with Gasteiger partial charge in [-0.1, -0.05) is 26.2 Å². The fraction of sp³-hybridized carbons (Fsp3) is 1.00. The summed E-state index contributed by atoms with van der Waals surface area (Å²) in [7, 11) is -2.89. The summed E-state index contributed by atoms with van der Waals surface area (Å²) in [5.41, 5.74) is -4.63. The molecule has 2 nitrogen and oxygen atoms in total. The van der Waals surface area contributed by atoms with Crippen molar-refractivity contribution in [2.24, 2.45) is 0 Å². The Bertz CT molecular complexity index is 160. The van der Waals surface area contributed by atoms with Gasteiger partial charge in [-0.3, -0.25) is 0 Å². The predicted molar refractivity (Wildman–Crippen MR) is 46.3 cm³/mol. The predicted octanol–water partition coefficient (Wildman–Crippen LogP) is 2.34. The van der Waals surface area contributed by atoms with E-state index in [0.717, 1.165) is 19.3 Å². The number of alkyl halides is 3. The van der Waals surface area contributed by atoms with Crippen molar-refractivity contribution in [1.29, 1.82) is 0 Å². The molecule has 0 saturated heterocycles. The zero-order valence-electron chi connectivity index (χ0n) is 7.49. The van der Waals surface area contributed by atoms with Crippen molar-refractivity contribution in [3.8, 4) is 0 Å². The largest absolute Gasteiger partial charge is 0.485 e. The van der Waals surface area contributed by atoms with Gasteiger partial charge in [-0.15, -0.1) is 0 Å². The Morgan fingerprint density at radius 3 is 2.31 bits per heavy atom. The Morgan fingerprint density at radius 2 is 1.85 bits per heavy atom. The molecule has 1 unspecified atom stereocenters. The zero-order valence-corrected chi connectivity index (χ0v) is 8.30. The van der Waals surface area contributed by atoms with Crippen LogP contribution in [0, 0.1) is 0 Å². The van der Waals surface area contributed by atoms with Crippen LogP contribution in [-0.4, -0.2) is 16.3 Å². The maximum absolute atomic E-state index is 11.7. The van der Waals surface area contributed by atoms with Crippen LogP contribution in [0.4, 0.5) is 13.2 Å². The van der Waals surface area contributed by atoms with Crippen molar-refractivity contribution in [2.75, 3.05) is 6.54 Å². The van der Waals surface area contributed by atoms with Crippen molar-refractivity contribution < 1.29 is 17.4 Å². The van der Waals surface area contributed by atoms with Crippen molar-refractivity contribution >= 4 is 11.0 Å². The van der Waals surface area contributed by atoms with Crippen LogP contribution >= 0.6 is 0 Å². The minimum Gasteiger partial charge on any atom is -0.234 e. The number of hydrogen-bond acceptors (Lipinski definition) is 1. The molecule has 0 aliphatic carbocycles. The van der Waals surface area contributed by atoms with Gasteiger partial charge in [-0.25, -0.2) is 8.93 Å². The summed E-state index contributed by atoms with van der Waals surface area (Å²) < 4.78 is 47.3. The molecule has 0 aromatic carbocycles. The molecular weight excluding hydrogens is 203 g/mol. The summed E-state index contributed by atoms with van der Waals surface area (Å²) in [6.45, 7) is 2.17. The first-order valence-electron chi connectivity index (χ1n) is 4.20. The summed E-state index contributed by atoms with van der Waals surface area (Å²) >= 11 is 0. The van der Waals surface area contributed by atoms with Crippen LogP contribution in [0.5, 0.6) is 0 Å². The summed E-state index contributed by atoms with van der Waals surface area (Å²) in [4.78, 5) is 0. The van der Waals surface area contributed by atoms with Gasteiger partial charge >= 0.3 is 5.51 Å². The van der Waals surface area contributed by atoms with E-state index in [1.54, 1.807) is 0 Å². The number of rotatable bonds is 6. The van der Waals surface area contributed by atoms with Gasteiger partial charge in [0.1, 0.15) is 0 Å². The molecule has 0 rings (SSSR count). The van der Waals surface area contributed by atoms with Crippen LogP contribution < -0.4 is 4.72 Å². The smallest absolute Gasteiger partial charge is 0.234 e. The van der Waals surface area contributed by atoms with Gasteiger partial charge in [0.25, 0.3) is 0 Å². The molecule has 0 saturated carbocycles. The Morgan fingerprint density at radius 1 is 1.23 bits per heavy atom. The highest BCUT2D eigenvalue weighted by Crippen LogP contribution is 2.17. The third-order valence-electron chi connectivity index (χ3n) is 1.47. The molecule has 1 atom stereocenters. The quantitative estimate of drug-likeness (QED) is 0.680. The lowest BCUT2D eigenvalue weighted by Crippen LogP contribution is -2.30. The number of nitrogens with one attached hydrogen (secondary N) is 1. The second-order valence-corrected chi connectivity index (χ2v) is 3.96. The van der Waals surface area contributed by atoms with E-state index in [0.29, 0.717) is 6.42 Å². The van der Waals surface area contributed by atoms with E-state index in [1.807, 2.05) is 11.6 Å². The average Bonchev–Trinajstić information content (AvgIpc) is 2.02. The summed E-state index contributed by atoms with van der Waals surface area (Å²) in [5, 5.41) is 0. The molecule has 80 valence electrons. The van der Waals surface area contributed by atoms with Gasteiger partial charge in [-0.05, 0) is 6.42 Å². The molecule has 0 fully saturated rings. The Labute approximate surface area is 78.5 Å². The normalized spacial score (nSPS) is 14.5. The van der Waals surface area contributed by atoms with E-state index >= 15 is 0 Å². The van der Waals surface area contributed by atoms with Crippen LogP contribution in [0.15, 0.2) is 0 Å². The maximum atomic E-state index is 11.7. The zero-order chi connectivity index (χ0) is 10.3. The lowest BCUT2D eigenvalue weighted by Gasteiger charge is -2.06. The third-order valence-corrected chi connectivity index (χ3v) is 2.36. The molecule has 0 aliphatic rings. The number of hydrogen-bond donors (Lipinski definition) is 1. The molecule has 0 aromatic heterocycles. The van der Waals surface area contributed by atoms with Gasteiger partial charge in [0, 0.05) is 6.54 Å². The standard InChI is InChI=1S/C7H14F3NOS/c1-2-3-4-5-6-11-13(12)7(8,9)10/h11H,2-6H2,1H3. The SMILES string of the molecule is CCCCCCNS(=O)C(F)(F)F. The van der Waals surface area contributed by atoms with Gasteiger partial charge < -0.3 is 0 Å². The van der Waals surface area contributed by atoms with E-state index in [-0.39, 0.29) is 6.54 Å². The van der Waals surface area contributed by atoms with Gasteiger partial charge in [0.05, 0.1) is 0 Å². The minimum absolute atomic E-state index is 0.159. The number of unbranched alkanes of at least 4 members (excludes halogenated alkanes) is 3. The van der Waals surface area contributed by atoms with E-state index in [9.17, 15) is 17.4 Å². The second-order valence-electron chi connectivity index (χ2n) is 2.67. The van der Waals surface area contributed by atoms with Gasteiger partial charge in [0.2, 0.25) is 0 Å². The molecule has 0 bridgehead atoms. The highest BCUT2D eigenvalue weighted by atomic mass is 32.2. The Hall–Kier alpha value is -0.100. The first-order valence-corrected chi connectivity index (χ1v) is 5.35. The molecule has 0 aromatic rings. The van der Waals surface area contributed by atoms with Crippen molar-refractivity contribution in [2.45, 2.75) is 38.1 Å². The topological polar surface area (TPSA) is 29.1 Å². The summed E-state index contributed by atoms with van der Waals surface area (Å²) in [6, 6.07) is 0. The van der Waals surface area contributed by atoms with Gasteiger partial charge in [-0.2, -0.15) is 13.2 Å². The minimum atomic E-state index is -4.63.